The number of hydrogen-bond acceptors (Lipinski definition) is 5. The number of allylic oxidation sites excluding steroid dienone is 3. The van der Waals surface area contributed by atoms with Crippen LogP contribution in [0.25, 0.3) is 11.3 Å². The molecule has 2 heterocycles. The Hall–Kier alpha value is -3.64. The number of nitrogens with zero attached hydrogens (tertiary/aromatic N) is 1. The average molecular weight is 463 g/mol. The first-order valence-corrected chi connectivity index (χ1v) is 11.4. The van der Waals surface area contributed by atoms with Crippen molar-refractivity contribution in [3.63, 3.8) is 0 Å². The number of aromatic amines is 1. The van der Waals surface area contributed by atoms with Crippen molar-refractivity contribution in [1.29, 1.82) is 0 Å². The predicted molar refractivity (Wildman–Crippen MR) is 143 cm³/mol. The molecule has 0 fully saturated rings. The van der Waals surface area contributed by atoms with Crippen molar-refractivity contribution >= 4 is 0 Å². The molecule has 2 unspecified atom stereocenters. The highest BCUT2D eigenvalue weighted by atomic mass is 16.3. The van der Waals surface area contributed by atoms with Gasteiger partial charge in [-0.25, -0.2) is 0 Å². The SMILES string of the molecule is C=C(O)C1NC(C)=CC=C1C.CC.Cc1nc(-c2ccccc2)cc(=O)[nH]cccc1C(C)N. The lowest BCUT2D eigenvalue weighted by molar-refractivity contribution is 0.366. The van der Waals surface area contributed by atoms with Crippen LogP contribution >= 0.6 is 0 Å². The first kappa shape index (κ1) is 28.4. The Morgan fingerprint density at radius 2 is 1.74 bits per heavy atom. The summed E-state index contributed by atoms with van der Waals surface area (Å²) in [5.74, 6) is 0.172. The Balaban J connectivity index is 0.000000374. The summed E-state index contributed by atoms with van der Waals surface area (Å²) in [7, 11) is 0. The quantitative estimate of drug-likeness (QED) is 0.432. The molecule has 0 amide bonds. The summed E-state index contributed by atoms with van der Waals surface area (Å²) < 4.78 is 0. The van der Waals surface area contributed by atoms with Crippen molar-refractivity contribution in [3.05, 3.63) is 112 Å². The van der Waals surface area contributed by atoms with Crippen LogP contribution < -0.4 is 16.6 Å². The molecule has 3 rings (SSSR count). The molecule has 0 aliphatic carbocycles. The lowest BCUT2D eigenvalue weighted by Gasteiger charge is -2.22. The Kier molecular flexibility index (Phi) is 12.1. The first-order chi connectivity index (χ1) is 16.2. The van der Waals surface area contributed by atoms with E-state index in [-0.39, 0.29) is 23.4 Å². The summed E-state index contributed by atoms with van der Waals surface area (Å²) in [6.45, 7) is 15.2. The van der Waals surface area contributed by atoms with E-state index >= 15 is 0 Å². The Morgan fingerprint density at radius 1 is 1.09 bits per heavy atom. The minimum Gasteiger partial charge on any atom is -0.510 e. The Morgan fingerprint density at radius 3 is 2.29 bits per heavy atom. The molecule has 1 aromatic heterocycles. The molecular formula is C28H38N4O2. The molecule has 0 bridgehead atoms. The van der Waals surface area contributed by atoms with Crippen LogP contribution in [0, 0.1) is 6.92 Å². The zero-order valence-electron chi connectivity index (χ0n) is 21.1. The number of hydrogen-bond donors (Lipinski definition) is 4. The molecule has 6 heteroatoms. The van der Waals surface area contributed by atoms with Gasteiger partial charge in [0, 0.05) is 35.3 Å². The molecule has 0 saturated carbocycles. The average Bonchev–Trinajstić information content (AvgIpc) is 2.81. The highest BCUT2D eigenvalue weighted by molar-refractivity contribution is 5.58. The van der Waals surface area contributed by atoms with Crippen molar-refractivity contribution in [2.75, 3.05) is 0 Å². The Bertz CT molecular complexity index is 1110. The van der Waals surface area contributed by atoms with Crippen LogP contribution in [0.1, 0.15) is 51.9 Å². The maximum Gasteiger partial charge on any atom is 0.250 e. The molecule has 1 aliphatic rings. The van der Waals surface area contributed by atoms with E-state index in [1.807, 2.05) is 90.1 Å². The summed E-state index contributed by atoms with van der Waals surface area (Å²) in [5, 5.41) is 12.2. The number of nitrogens with one attached hydrogen (secondary N) is 2. The van der Waals surface area contributed by atoms with Gasteiger partial charge in [0.05, 0.1) is 5.69 Å². The fraction of sp³-hybridized carbons (Fsp3) is 0.286. The summed E-state index contributed by atoms with van der Waals surface area (Å²) >= 11 is 0. The van der Waals surface area contributed by atoms with Crippen LogP contribution in [0.3, 0.4) is 0 Å². The van der Waals surface area contributed by atoms with Crippen molar-refractivity contribution in [1.82, 2.24) is 15.3 Å². The van der Waals surface area contributed by atoms with Gasteiger partial charge in [-0.05, 0) is 51.0 Å². The number of rotatable bonds is 3. The minimum absolute atomic E-state index is 0.0972. The van der Waals surface area contributed by atoms with E-state index < -0.39 is 0 Å². The molecule has 0 spiro atoms. The highest BCUT2D eigenvalue weighted by Gasteiger charge is 2.15. The zero-order valence-corrected chi connectivity index (χ0v) is 21.1. The van der Waals surface area contributed by atoms with E-state index in [4.69, 9.17) is 10.8 Å². The van der Waals surface area contributed by atoms with E-state index in [1.165, 1.54) is 6.07 Å². The molecular weight excluding hydrogens is 424 g/mol. The Labute approximate surface area is 203 Å². The van der Waals surface area contributed by atoms with Crippen molar-refractivity contribution < 1.29 is 5.11 Å². The lowest BCUT2D eigenvalue weighted by Crippen LogP contribution is -2.32. The van der Waals surface area contributed by atoms with Crippen molar-refractivity contribution in [2.45, 2.75) is 53.6 Å². The fourth-order valence-corrected chi connectivity index (χ4v) is 3.17. The maximum absolute atomic E-state index is 11.9. The molecule has 2 aromatic rings. The second kappa shape index (κ2) is 14.5. The van der Waals surface area contributed by atoms with Crippen LogP contribution in [0.2, 0.25) is 0 Å². The number of dihydropyridines is 1. The molecule has 0 radical (unpaired) electrons. The predicted octanol–water partition coefficient (Wildman–Crippen LogP) is 5.80. The lowest BCUT2D eigenvalue weighted by atomic mass is 10.0. The second-order valence-electron chi connectivity index (χ2n) is 7.70. The minimum atomic E-state index is -0.209. The molecule has 1 aliphatic heterocycles. The molecule has 1 aromatic carbocycles. The summed E-state index contributed by atoms with van der Waals surface area (Å²) in [5.41, 5.74) is 11.2. The van der Waals surface area contributed by atoms with Gasteiger partial charge in [-0.2, -0.15) is 0 Å². The molecule has 182 valence electrons. The number of aromatic nitrogens is 2. The molecule has 34 heavy (non-hydrogen) atoms. The van der Waals surface area contributed by atoms with Crippen LogP contribution in [0.4, 0.5) is 0 Å². The van der Waals surface area contributed by atoms with E-state index in [1.54, 1.807) is 12.3 Å². The van der Waals surface area contributed by atoms with Crippen molar-refractivity contribution in [3.8, 4) is 11.3 Å². The molecule has 2 atom stereocenters. The molecule has 0 saturated heterocycles. The number of aryl methyl sites for hydroxylation is 1. The van der Waals surface area contributed by atoms with Gasteiger partial charge in [-0.15, -0.1) is 0 Å². The number of nitrogens with two attached hydrogens (primary N) is 1. The summed E-state index contributed by atoms with van der Waals surface area (Å²) in [4.78, 5) is 19.1. The van der Waals surface area contributed by atoms with Crippen LogP contribution in [-0.4, -0.2) is 21.1 Å². The van der Waals surface area contributed by atoms with Gasteiger partial charge in [0.2, 0.25) is 5.56 Å². The van der Waals surface area contributed by atoms with Gasteiger partial charge >= 0.3 is 0 Å². The van der Waals surface area contributed by atoms with Gasteiger partial charge in [0.1, 0.15) is 11.8 Å². The third-order valence-corrected chi connectivity index (χ3v) is 4.89. The van der Waals surface area contributed by atoms with Gasteiger partial charge in [-0.3, -0.25) is 9.78 Å². The number of aliphatic hydroxyl groups is 1. The first-order valence-electron chi connectivity index (χ1n) is 11.4. The smallest absolute Gasteiger partial charge is 0.250 e. The summed E-state index contributed by atoms with van der Waals surface area (Å²) in [6.07, 6.45) is 5.56. The zero-order chi connectivity index (χ0) is 25.7. The third kappa shape index (κ3) is 9.08. The third-order valence-electron chi connectivity index (χ3n) is 4.89. The fourth-order valence-electron chi connectivity index (χ4n) is 3.17. The van der Waals surface area contributed by atoms with Crippen LogP contribution in [-0.2, 0) is 0 Å². The topological polar surface area (TPSA) is 104 Å². The van der Waals surface area contributed by atoms with Gasteiger partial charge in [-0.1, -0.05) is 62.9 Å². The van der Waals surface area contributed by atoms with Crippen molar-refractivity contribution in [2.24, 2.45) is 5.73 Å². The van der Waals surface area contributed by atoms with Gasteiger partial charge in [0.15, 0.2) is 0 Å². The van der Waals surface area contributed by atoms with Crippen LogP contribution in [0.15, 0.2) is 95.3 Å². The molecule has 6 nitrogen and oxygen atoms in total. The van der Waals surface area contributed by atoms with Crippen LogP contribution in [0.5, 0.6) is 0 Å². The van der Waals surface area contributed by atoms with E-state index in [9.17, 15) is 4.79 Å². The van der Waals surface area contributed by atoms with E-state index in [2.05, 4.69) is 21.9 Å². The van der Waals surface area contributed by atoms with Gasteiger partial charge < -0.3 is 21.1 Å². The van der Waals surface area contributed by atoms with E-state index in [0.717, 1.165) is 28.1 Å². The largest absolute Gasteiger partial charge is 0.510 e. The number of H-pyrrole nitrogens is 1. The number of aliphatic hydroxyl groups excluding tert-OH is 1. The standard InChI is InChI=1S/C17H19N3O.C9H13NO.C2H6/c1-12(18)15-9-6-10-19-17(21)11-16(20-13(15)2)14-7-4-3-5-8-14;1-6-4-5-7(2)10-9(6)8(3)11;1-2/h3-12H,18H2,1-2H3,(H,19,21);4-5,9-11H,3H2,1-2H3;1-2H3. The maximum atomic E-state index is 11.9. The van der Waals surface area contributed by atoms with Gasteiger partial charge in [0.25, 0.3) is 0 Å². The number of benzene rings is 1. The normalized spacial score (nSPS) is 14.9. The molecule has 5 N–H and O–H groups in total. The highest BCUT2D eigenvalue weighted by Crippen LogP contribution is 2.17. The van der Waals surface area contributed by atoms with E-state index in [0.29, 0.717) is 5.69 Å². The summed E-state index contributed by atoms with van der Waals surface area (Å²) in [6, 6.07) is 14.5. The second-order valence-corrected chi connectivity index (χ2v) is 7.70. The monoisotopic (exact) mass is 462 g/mol.